The number of para-hydroxylation sites is 1. The predicted octanol–water partition coefficient (Wildman–Crippen LogP) is 2.16. The number of sulfonamides is 1. The Morgan fingerprint density at radius 1 is 1.17 bits per heavy atom. The molecule has 23 heavy (non-hydrogen) atoms. The summed E-state index contributed by atoms with van der Waals surface area (Å²) >= 11 is 0. The third kappa shape index (κ3) is 3.13. The fourth-order valence-corrected chi connectivity index (χ4v) is 2.61. The smallest absolute Gasteiger partial charge is 0.287 e. The van der Waals surface area contributed by atoms with Crippen LogP contribution >= 0.6 is 0 Å². The van der Waals surface area contributed by atoms with Crippen molar-refractivity contribution in [3.63, 3.8) is 0 Å². The number of hydrogen-bond acceptors (Lipinski definition) is 5. The summed E-state index contributed by atoms with van der Waals surface area (Å²) in [6.07, 6.45) is 0. The molecule has 120 valence electrons. The van der Waals surface area contributed by atoms with Gasteiger partial charge in [-0.05, 0) is 31.2 Å². The third-order valence-electron chi connectivity index (χ3n) is 3.30. The molecular formula is C15H14N2O5S. The largest absolute Gasteiger partial charge is 0.459 e. The van der Waals surface area contributed by atoms with Crippen molar-refractivity contribution in [2.24, 2.45) is 5.14 Å². The number of fused-ring (bicyclic) bond motifs is 1. The normalized spacial score (nSPS) is 13.1. The first-order chi connectivity index (χ1) is 10.8. The van der Waals surface area contributed by atoms with Crippen molar-refractivity contribution in [2.45, 2.75) is 18.1 Å². The van der Waals surface area contributed by atoms with Crippen LogP contribution in [0.3, 0.4) is 0 Å². The number of primary sulfonamides is 1. The number of carbonyl (C=O) groups excluding carboxylic acids is 1. The zero-order valence-electron chi connectivity index (χ0n) is 12.1. The van der Waals surface area contributed by atoms with Crippen LogP contribution in [0.2, 0.25) is 0 Å². The van der Waals surface area contributed by atoms with Crippen molar-refractivity contribution in [1.82, 2.24) is 5.32 Å². The number of rotatable bonds is 4. The van der Waals surface area contributed by atoms with E-state index in [1.165, 1.54) is 6.07 Å². The molecule has 0 aliphatic heterocycles. The molecule has 0 unspecified atom stereocenters. The third-order valence-corrected chi connectivity index (χ3v) is 4.08. The quantitative estimate of drug-likeness (QED) is 0.758. The number of amides is 1. The lowest BCUT2D eigenvalue weighted by atomic mass is 10.2. The zero-order valence-corrected chi connectivity index (χ0v) is 13.0. The standard InChI is InChI=1S/C15H14N2O5S/c1-9(13-8-10-4-2-3-5-11(10)21-13)17-15(18)12-6-7-14(22-12)23(16,19)20/h2-9H,1H3,(H,17,18)(H2,16,19,20)/t9-/m0/s1. The summed E-state index contributed by atoms with van der Waals surface area (Å²) in [6.45, 7) is 1.75. The molecule has 2 aromatic heterocycles. The van der Waals surface area contributed by atoms with Crippen molar-refractivity contribution < 1.29 is 22.0 Å². The van der Waals surface area contributed by atoms with E-state index in [9.17, 15) is 13.2 Å². The second-order valence-corrected chi connectivity index (χ2v) is 6.54. The monoisotopic (exact) mass is 334 g/mol. The van der Waals surface area contributed by atoms with Crippen molar-refractivity contribution in [2.75, 3.05) is 0 Å². The van der Waals surface area contributed by atoms with Crippen LogP contribution < -0.4 is 10.5 Å². The molecule has 1 amide bonds. The Labute approximate surface area is 132 Å². The van der Waals surface area contributed by atoms with E-state index in [2.05, 4.69) is 5.32 Å². The van der Waals surface area contributed by atoms with Crippen LogP contribution in [0, 0.1) is 0 Å². The highest BCUT2D eigenvalue weighted by atomic mass is 32.2. The number of nitrogens with one attached hydrogen (secondary N) is 1. The Kier molecular flexibility index (Phi) is 3.70. The predicted molar refractivity (Wildman–Crippen MR) is 82.2 cm³/mol. The molecule has 3 N–H and O–H groups in total. The average molecular weight is 334 g/mol. The number of nitrogens with two attached hydrogens (primary N) is 1. The van der Waals surface area contributed by atoms with Crippen molar-refractivity contribution in [1.29, 1.82) is 0 Å². The van der Waals surface area contributed by atoms with E-state index < -0.39 is 27.1 Å². The maximum absolute atomic E-state index is 12.1. The van der Waals surface area contributed by atoms with Crippen LogP contribution in [0.4, 0.5) is 0 Å². The van der Waals surface area contributed by atoms with Gasteiger partial charge in [-0.25, -0.2) is 13.6 Å². The van der Waals surface area contributed by atoms with Crippen LogP contribution in [0.1, 0.15) is 29.3 Å². The van der Waals surface area contributed by atoms with E-state index in [1.54, 1.807) is 6.92 Å². The Morgan fingerprint density at radius 2 is 1.91 bits per heavy atom. The Balaban J connectivity index is 1.78. The molecule has 0 bridgehead atoms. The fraction of sp³-hybridized carbons (Fsp3) is 0.133. The van der Waals surface area contributed by atoms with Crippen LogP contribution in [-0.4, -0.2) is 14.3 Å². The number of benzene rings is 1. The van der Waals surface area contributed by atoms with Gasteiger partial charge in [-0.15, -0.1) is 0 Å². The number of furan rings is 2. The van der Waals surface area contributed by atoms with Gasteiger partial charge in [0.1, 0.15) is 11.3 Å². The molecule has 8 heteroatoms. The van der Waals surface area contributed by atoms with Crippen molar-refractivity contribution >= 4 is 26.9 Å². The number of hydrogen-bond donors (Lipinski definition) is 2. The van der Waals surface area contributed by atoms with E-state index in [4.69, 9.17) is 14.0 Å². The van der Waals surface area contributed by atoms with E-state index in [0.29, 0.717) is 5.76 Å². The van der Waals surface area contributed by atoms with E-state index >= 15 is 0 Å². The lowest BCUT2D eigenvalue weighted by Crippen LogP contribution is -2.26. The molecular weight excluding hydrogens is 320 g/mol. The van der Waals surface area contributed by atoms with Gasteiger partial charge in [-0.1, -0.05) is 18.2 Å². The van der Waals surface area contributed by atoms with Crippen LogP contribution in [0.5, 0.6) is 0 Å². The summed E-state index contributed by atoms with van der Waals surface area (Å²) in [7, 11) is -3.98. The van der Waals surface area contributed by atoms with Gasteiger partial charge in [-0.2, -0.15) is 0 Å². The van der Waals surface area contributed by atoms with Crippen molar-refractivity contribution in [3.8, 4) is 0 Å². The minimum Gasteiger partial charge on any atom is -0.459 e. The molecule has 3 rings (SSSR count). The Bertz CT molecular complexity index is 938. The van der Waals surface area contributed by atoms with E-state index in [1.807, 2.05) is 30.3 Å². The zero-order chi connectivity index (χ0) is 16.6. The summed E-state index contributed by atoms with van der Waals surface area (Å²) in [6, 6.07) is 11.3. The van der Waals surface area contributed by atoms with Gasteiger partial charge in [0.15, 0.2) is 5.76 Å². The van der Waals surface area contributed by atoms with E-state index in [-0.39, 0.29) is 5.76 Å². The van der Waals surface area contributed by atoms with Gasteiger partial charge in [0.05, 0.1) is 6.04 Å². The minimum atomic E-state index is -3.98. The van der Waals surface area contributed by atoms with Gasteiger partial charge in [0, 0.05) is 5.39 Å². The molecule has 0 aliphatic rings. The lowest BCUT2D eigenvalue weighted by Gasteiger charge is -2.09. The highest BCUT2D eigenvalue weighted by molar-refractivity contribution is 7.89. The molecule has 0 aliphatic carbocycles. The van der Waals surface area contributed by atoms with Gasteiger partial charge in [-0.3, -0.25) is 4.79 Å². The highest BCUT2D eigenvalue weighted by Gasteiger charge is 2.20. The molecule has 1 atom stereocenters. The molecule has 1 aromatic carbocycles. The first-order valence-corrected chi connectivity index (χ1v) is 8.31. The average Bonchev–Trinajstić information content (AvgIpc) is 3.13. The maximum Gasteiger partial charge on any atom is 0.287 e. The summed E-state index contributed by atoms with van der Waals surface area (Å²) in [5.74, 6) is -0.123. The van der Waals surface area contributed by atoms with Gasteiger partial charge >= 0.3 is 0 Å². The second-order valence-electron chi connectivity index (χ2n) is 5.05. The lowest BCUT2D eigenvalue weighted by molar-refractivity contribution is 0.0902. The number of carbonyl (C=O) groups is 1. The molecule has 2 heterocycles. The molecule has 0 radical (unpaired) electrons. The summed E-state index contributed by atoms with van der Waals surface area (Å²) in [5, 5.41) is 8.08. The molecule has 0 saturated carbocycles. The van der Waals surface area contributed by atoms with Gasteiger partial charge in [0.25, 0.3) is 15.9 Å². The molecule has 0 saturated heterocycles. The fourth-order valence-electron chi connectivity index (χ4n) is 2.15. The molecule has 0 spiro atoms. The van der Waals surface area contributed by atoms with Crippen LogP contribution in [0.25, 0.3) is 11.0 Å². The first-order valence-electron chi connectivity index (χ1n) is 6.76. The molecule has 0 fully saturated rings. The van der Waals surface area contributed by atoms with Gasteiger partial charge in [0.2, 0.25) is 5.09 Å². The van der Waals surface area contributed by atoms with Crippen LogP contribution in [-0.2, 0) is 10.0 Å². The van der Waals surface area contributed by atoms with E-state index in [0.717, 1.165) is 17.0 Å². The molecule has 3 aromatic rings. The summed E-state index contributed by atoms with van der Waals surface area (Å²) < 4.78 is 32.9. The summed E-state index contributed by atoms with van der Waals surface area (Å²) in [4.78, 5) is 12.1. The molecule has 7 nitrogen and oxygen atoms in total. The Morgan fingerprint density at radius 3 is 2.57 bits per heavy atom. The Hall–Kier alpha value is -2.58. The minimum absolute atomic E-state index is 0.142. The first kappa shape index (κ1) is 15.3. The highest BCUT2D eigenvalue weighted by Crippen LogP contribution is 2.24. The van der Waals surface area contributed by atoms with Crippen molar-refractivity contribution in [3.05, 3.63) is 54.0 Å². The van der Waals surface area contributed by atoms with Crippen LogP contribution in [0.15, 0.2) is 56.4 Å². The maximum atomic E-state index is 12.1. The van der Waals surface area contributed by atoms with Gasteiger partial charge < -0.3 is 14.2 Å². The topological polar surface area (TPSA) is 116 Å². The summed E-state index contributed by atoms with van der Waals surface area (Å²) in [5.41, 5.74) is 0.720. The SMILES string of the molecule is C[C@H](NC(=O)c1ccc(S(N)(=O)=O)o1)c1cc2ccccc2o1. The second kappa shape index (κ2) is 5.56.